The quantitative estimate of drug-likeness (QED) is 0.642. The van der Waals surface area contributed by atoms with Gasteiger partial charge in [-0.25, -0.2) is 4.79 Å². The highest BCUT2D eigenvalue weighted by atomic mass is 35.5. The van der Waals surface area contributed by atoms with E-state index in [4.69, 9.17) is 16.3 Å². The zero-order chi connectivity index (χ0) is 19.6. The molecule has 0 aliphatic carbocycles. The van der Waals surface area contributed by atoms with Crippen molar-refractivity contribution in [2.24, 2.45) is 0 Å². The minimum absolute atomic E-state index is 0.0716. The molecule has 27 heavy (non-hydrogen) atoms. The molecule has 2 N–H and O–H groups in total. The predicted octanol–water partition coefficient (Wildman–Crippen LogP) is 3.30. The van der Waals surface area contributed by atoms with Gasteiger partial charge < -0.3 is 20.1 Å². The molecule has 0 aromatic heterocycles. The van der Waals surface area contributed by atoms with E-state index < -0.39 is 5.97 Å². The minimum atomic E-state index is -0.441. The van der Waals surface area contributed by atoms with Crippen LogP contribution in [0.4, 0.5) is 5.69 Å². The summed E-state index contributed by atoms with van der Waals surface area (Å²) >= 11 is 6.11. The van der Waals surface area contributed by atoms with E-state index in [9.17, 15) is 9.59 Å². The van der Waals surface area contributed by atoms with E-state index in [0.29, 0.717) is 35.8 Å². The van der Waals surface area contributed by atoms with Gasteiger partial charge in [-0.1, -0.05) is 29.8 Å². The SMILES string of the molecule is COC(=O)c1ccc(Cl)c(NCCC(=O)NCCc2ccccc2OC)c1. The summed E-state index contributed by atoms with van der Waals surface area (Å²) in [5, 5.41) is 6.42. The Morgan fingerprint density at radius 2 is 1.85 bits per heavy atom. The lowest BCUT2D eigenvalue weighted by Gasteiger charge is -2.11. The molecule has 144 valence electrons. The normalized spacial score (nSPS) is 10.2. The van der Waals surface area contributed by atoms with Crippen LogP contribution in [0.3, 0.4) is 0 Å². The van der Waals surface area contributed by atoms with Gasteiger partial charge in [-0.3, -0.25) is 4.79 Å². The summed E-state index contributed by atoms with van der Waals surface area (Å²) in [5.41, 5.74) is 2.02. The molecule has 0 radical (unpaired) electrons. The van der Waals surface area contributed by atoms with Crippen LogP contribution in [0.15, 0.2) is 42.5 Å². The second kappa shape index (κ2) is 10.4. The average Bonchev–Trinajstić information content (AvgIpc) is 2.69. The molecule has 0 aliphatic rings. The summed E-state index contributed by atoms with van der Waals surface area (Å²) in [6.07, 6.45) is 0.973. The van der Waals surface area contributed by atoms with Crippen LogP contribution in [0.5, 0.6) is 5.75 Å². The third-order valence-corrected chi connectivity index (χ3v) is 4.29. The molecule has 0 fully saturated rings. The van der Waals surface area contributed by atoms with Crippen LogP contribution in [-0.4, -0.2) is 39.2 Å². The Morgan fingerprint density at radius 1 is 1.07 bits per heavy atom. The molecule has 0 saturated carbocycles. The fourth-order valence-electron chi connectivity index (χ4n) is 2.55. The summed E-state index contributed by atoms with van der Waals surface area (Å²) in [6.45, 7) is 0.919. The number of anilines is 1. The number of ether oxygens (including phenoxy) is 2. The van der Waals surface area contributed by atoms with Crippen molar-refractivity contribution in [3.05, 3.63) is 58.6 Å². The lowest BCUT2D eigenvalue weighted by atomic mass is 10.1. The lowest BCUT2D eigenvalue weighted by Crippen LogP contribution is -2.27. The molecule has 0 aliphatic heterocycles. The van der Waals surface area contributed by atoms with E-state index in [1.165, 1.54) is 7.11 Å². The van der Waals surface area contributed by atoms with E-state index in [1.807, 2.05) is 24.3 Å². The van der Waals surface area contributed by atoms with Crippen molar-refractivity contribution >= 4 is 29.2 Å². The first-order valence-electron chi connectivity index (χ1n) is 8.55. The number of amides is 1. The van der Waals surface area contributed by atoms with Crippen molar-refractivity contribution in [1.29, 1.82) is 0 Å². The molecular weight excluding hydrogens is 368 g/mol. The van der Waals surface area contributed by atoms with E-state index in [2.05, 4.69) is 15.4 Å². The fourth-order valence-corrected chi connectivity index (χ4v) is 2.74. The number of para-hydroxylation sites is 1. The molecule has 2 aromatic rings. The van der Waals surface area contributed by atoms with Crippen LogP contribution in [-0.2, 0) is 16.0 Å². The third kappa shape index (κ3) is 6.18. The van der Waals surface area contributed by atoms with Gasteiger partial charge in [0.25, 0.3) is 0 Å². The Kier molecular flexibility index (Phi) is 7.95. The first-order chi connectivity index (χ1) is 13.0. The molecule has 0 heterocycles. The molecule has 0 unspecified atom stereocenters. The monoisotopic (exact) mass is 390 g/mol. The average molecular weight is 391 g/mol. The molecule has 1 amide bonds. The van der Waals surface area contributed by atoms with Crippen molar-refractivity contribution < 1.29 is 19.1 Å². The zero-order valence-electron chi connectivity index (χ0n) is 15.4. The lowest BCUT2D eigenvalue weighted by molar-refractivity contribution is -0.120. The first kappa shape index (κ1) is 20.6. The van der Waals surface area contributed by atoms with Gasteiger partial charge in [0.1, 0.15) is 5.75 Å². The molecule has 2 rings (SSSR count). The van der Waals surface area contributed by atoms with E-state index in [0.717, 1.165) is 11.3 Å². The van der Waals surface area contributed by atoms with Crippen molar-refractivity contribution in [2.45, 2.75) is 12.8 Å². The van der Waals surface area contributed by atoms with Gasteiger partial charge in [0.05, 0.1) is 30.5 Å². The zero-order valence-corrected chi connectivity index (χ0v) is 16.1. The number of methoxy groups -OCH3 is 2. The van der Waals surface area contributed by atoms with E-state index in [1.54, 1.807) is 25.3 Å². The summed E-state index contributed by atoms with van der Waals surface area (Å²) < 4.78 is 9.98. The van der Waals surface area contributed by atoms with Crippen LogP contribution in [0.25, 0.3) is 0 Å². The van der Waals surface area contributed by atoms with Crippen LogP contribution in [0, 0.1) is 0 Å². The Bertz CT molecular complexity index is 795. The summed E-state index contributed by atoms with van der Waals surface area (Å²) in [5.74, 6) is 0.301. The highest BCUT2D eigenvalue weighted by Crippen LogP contribution is 2.23. The molecule has 2 aromatic carbocycles. The van der Waals surface area contributed by atoms with Gasteiger partial charge in [-0.2, -0.15) is 0 Å². The largest absolute Gasteiger partial charge is 0.496 e. The molecule has 0 atom stereocenters. The number of esters is 1. The fraction of sp³-hybridized carbons (Fsp3) is 0.300. The summed E-state index contributed by atoms with van der Waals surface area (Å²) in [7, 11) is 2.95. The second-order valence-corrected chi connectivity index (χ2v) is 6.18. The van der Waals surface area contributed by atoms with Crippen molar-refractivity contribution in [1.82, 2.24) is 5.32 Å². The van der Waals surface area contributed by atoms with Gasteiger partial charge in [-0.15, -0.1) is 0 Å². The van der Waals surface area contributed by atoms with Crippen LogP contribution < -0.4 is 15.4 Å². The van der Waals surface area contributed by atoms with Gasteiger partial charge in [0.15, 0.2) is 0 Å². The molecule has 0 bridgehead atoms. The minimum Gasteiger partial charge on any atom is -0.496 e. The smallest absolute Gasteiger partial charge is 0.337 e. The molecule has 0 spiro atoms. The third-order valence-electron chi connectivity index (χ3n) is 3.96. The highest BCUT2D eigenvalue weighted by molar-refractivity contribution is 6.33. The van der Waals surface area contributed by atoms with Crippen molar-refractivity contribution in [2.75, 3.05) is 32.6 Å². The number of carbonyl (C=O) groups excluding carboxylic acids is 2. The number of halogens is 1. The van der Waals surface area contributed by atoms with Crippen LogP contribution in [0.1, 0.15) is 22.3 Å². The Hall–Kier alpha value is -2.73. The Balaban J connectivity index is 1.77. The van der Waals surface area contributed by atoms with Gasteiger partial charge >= 0.3 is 5.97 Å². The standard InChI is InChI=1S/C20H23ClN2O4/c1-26-18-6-4-3-5-14(18)9-11-23-19(24)10-12-22-17-13-15(20(25)27-2)7-8-16(17)21/h3-8,13,22H,9-12H2,1-2H3,(H,23,24). The number of hydrogen-bond donors (Lipinski definition) is 2. The highest BCUT2D eigenvalue weighted by Gasteiger charge is 2.09. The number of rotatable bonds is 9. The van der Waals surface area contributed by atoms with Gasteiger partial charge in [0, 0.05) is 19.5 Å². The van der Waals surface area contributed by atoms with E-state index in [-0.39, 0.29) is 12.3 Å². The molecular formula is C20H23ClN2O4. The molecule has 6 nitrogen and oxygen atoms in total. The summed E-state index contributed by atoms with van der Waals surface area (Å²) in [6, 6.07) is 12.5. The van der Waals surface area contributed by atoms with Crippen molar-refractivity contribution in [3.8, 4) is 5.75 Å². The molecule has 7 heteroatoms. The Morgan fingerprint density at radius 3 is 2.59 bits per heavy atom. The maximum absolute atomic E-state index is 12.0. The van der Waals surface area contributed by atoms with Crippen molar-refractivity contribution in [3.63, 3.8) is 0 Å². The number of hydrogen-bond acceptors (Lipinski definition) is 5. The molecule has 0 saturated heterocycles. The number of benzene rings is 2. The van der Waals surface area contributed by atoms with Gasteiger partial charge in [0.2, 0.25) is 5.91 Å². The predicted molar refractivity (Wildman–Crippen MR) is 106 cm³/mol. The van der Waals surface area contributed by atoms with Crippen LogP contribution in [0.2, 0.25) is 5.02 Å². The topological polar surface area (TPSA) is 76.7 Å². The summed E-state index contributed by atoms with van der Waals surface area (Å²) in [4.78, 5) is 23.6. The van der Waals surface area contributed by atoms with E-state index >= 15 is 0 Å². The Labute approximate surface area is 163 Å². The second-order valence-electron chi connectivity index (χ2n) is 5.77. The number of carbonyl (C=O) groups is 2. The first-order valence-corrected chi connectivity index (χ1v) is 8.93. The maximum Gasteiger partial charge on any atom is 0.337 e. The van der Waals surface area contributed by atoms with Gasteiger partial charge in [-0.05, 0) is 36.2 Å². The van der Waals surface area contributed by atoms with Crippen LogP contribution >= 0.6 is 11.6 Å². The maximum atomic E-state index is 12.0. The number of nitrogens with one attached hydrogen (secondary N) is 2.